The second-order valence-corrected chi connectivity index (χ2v) is 13.5. The van der Waals surface area contributed by atoms with E-state index in [-0.39, 0.29) is 11.3 Å². The fraction of sp³-hybridized carbons (Fsp3) is 0.0667. The molecule has 264 valence electrons. The van der Waals surface area contributed by atoms with Gasteiger partial charge in [-0.15, -0.1) is 0 Å². The fourth-order valence-electron chi connectivity index (χ4n) is 7.05. The highest BCUT2D eigenvalue weighted by molar-refractivity contribution is 6.31. The summed E-state index contributed by atoms with van der Waals surface area (Å²) in [7, 11) is 0. The Balaban J connectivity index is 1.12. The quantitative estimate of drug-likeness (QED) is 0.112. The molecule has 0 saturated carbocycles. The van der Waals surface area contributed by atoms with E-state index in [9.17, 15) is 9.59 Å². The predicted octanol–water partition coefficient (Wildman–Crippen LogP) is 9.50. The van der Waals surface area contributed by atoms with Crippen LogP contribution in [0.1, 0.15) is 44.3 Å². The van der Waals surface area contributed by atoms with Crippen LogP contribution in [0, 0.1) is 5.82 Å². The number of amides is 1. The van der Waals surface area contributed by atoms with Crippen LogP contribution in [-0.4, -0.2) is 36.9 Å². The third kappa shape index (κ3) is 6.27. The molecule has 0 aliphatic heterocycles. The molecule has 1 atom stereocenters. The van der Waals surface area contributed by atoms with E-state index >= 15 is 4.39 Å². The molecule has 3 heterocycles. The Morgan fingerprint density at radius 3 is 1.94 bits per heavy atom. The topological polar surface area (TPSA) is 81.3 Å². The number of ketones is 1. The second-order valence-electron chi connectivity index (χ2n) is 13.0. The lowest BCUT2D eigenvalue weighted by Crippen LogP contribution is -2.38. The van der Waals surface area contributed by atoms with Crippen molar-refractivity contribution in [1.82, 2.24) is 24.5 Å². The number of nitrogens with one attached hydrogen (secondary N) is 1. The molecule has 0 aliphatic carbocycles. The van der Waals surface area contributed by atoms with E-state index in [0.29, 0.717) is 27.5 Å². The zero-order chi connectivity index (χ0) is 37.2. The van der Waals surface area contributed by atoms with E-state index in [1.54, 1.807) is 37.4 Å². The van der Waals surface area contributed by atoms with E-state index in [1.165, 1.54) is 18.2 Å². The van der Waals surface area contributed by atoms with Gasteiger partial charge >= 0.3 is 0 Å². The number of Topliss-reactive ketones (excluding diaryl/α,β-unsaturated/α-hetero) is 1. The number of benzene rings is 5. The number of imidazole rings is 1. The maximum absolute atomic E-state index is 15.6. The van der Waals surface area contributed by atoms with Crippen molar-refractivity contribution in [3.8, 4) is 22.4 Å². The SMILES string of the molecule is CC(NC(=O)c1ccc(-c2cnc3ccc(-c4cnn(C(c5ccccc5)(c5ccccc5)c5ccccc5)c4)cn23)cc1F)C(=O)c1cccc(Cl)c1. The molecule has 1 N–H and O–H groups in total. The molecule has 0 bridgehead atoms. The molecule has 8 rings (SSSR count). The highest BCUT2D eigenvalue weighted by Crippen LogP contribution is 2.41. The first kappa shape index (κ1) is 34.4. The van der Waals surface area contributed by atoms with Crippen molar-refractivity contribution in [2.45, 2.75) is 18.5 Å². The highest BCUT2D eigenvalue weighted by Gasteiger charge is 2.39. The van der Waals surface area contributed by atoms with Gasteiger partial charge in [-0.1, -0.05) is 121 Å². The minimum absolute atomic E-state index is 0.176. The third-order valence-corrected chi connectivity index (χ3v) is 9.93. The molecule has 9 heteroatoms. The molecule has 0 radical (unpaired) electrons. The Morgan fingerprint density at radius 1 is 0.704 bits per heavy atom. The van der Waals surface area contributed by atoms with E-state index in [4.69, 9.17) is 16.7 Å². The third-order valence-electron chi connectivity index (χ3n) is 9.70. The fourth-order valence-corrected chi connectivity index (χ4v) is 7.24. The summed E-state index contributed by atoms with van der Waals surface area (Å²) < 4.78 is 19.5. The number of carbonyl (C=O) groups excluding carboxylic acids is 2. The molecule has 0 spiro atoms. The summed E-state index contributed by atoms with van der Waals surface area (Å²) in [6, 6.07) is 44.9. The number of fused-ring (bicyclic) bond motifs is 1. The Hall–Kier alpha value is -6.64. The van der Waals surface area contributed by atoms with Crippen LogP contribution in [0.4, 0.5) is 4.39 Å². The second kappa shape index (κ2) is 14.4. The first-order chi connectivity index (χ1) is 26.3. The summed E-state index contributed by atoms with van der Waals surface area (Å²) in [6.07, 6.45) is 7.53. The van der Waals surface area contributed by atoms with Crippen molar-refractivity contribution in [3.05, 3.63) is 209 Å². The maximum atomic E-state index is 15.6. The van der Waals surface area contributed by atoms with E-state index in [0.717, 1.165) is 27.8 Å². The van der Waals surface area contributed by atoms with Crippen molar-refractivity contribution >= 4 is 28.9 Å². The van der Waals surface area contributed by atoms with Gasteiger partial charge in [-0.05, 0) is 60.0 Å². The number of carbonyl (C=O) groups is 2. The van der Waals surface area contributed by atoms with Gasteiger partial charge in [0.1, 0.15) is 17.0 Å². The number of nitrogens with zero attached hydrogens (tertiary/aromatic N) is 4. The molecule has 1 unspecified atom stereocenters. The number of aromatic nitrogens is 4. The van der Waals surface area contributed by atoms with Crippen LogP contribution in [0.3, 0.4) is 0 Å². The molecule has 0 saturated heterocycles. The summed E-state index contributed by atoms with van der Waals surface area (Å²) in [5.41, 5.74) is 6.20. The van der Waals surface area contributed by atoms with Gasteiger partial charge in [0.25, 0.3) is 5.91 Å². The molecule has 3 aromatic heterocycles. The van der Waals surface area contributed by atoms with E-state index < -0.39 is 23.3 Å². The highest BCUT2D eigenvalue weighted by atomic mass is 35.5. The molecule has 54 heavy (non-hydrogen) atoms. The van der Waals surface area contributed by atoms with E-state index in [2.05, 4.69) is 52.9 Å². The largest absolute Gasteiger partial charge is 0.342 e. The first-order valence-electron chi connectivity index (χ1n) is 17.4. The maximum Gasteiger partial charge on any atom is 0.254 e. The van der Waals surface area contributed by atoms with Crippen molar-refractivity contribution in [3.63, 3.8) is 0 Å². The van der Waals surface area contributed by atoms with Crippen molar-refractivity contribution in [1.29, 1.82) is 0 Å². The summed E-state index contributed by atoms with van der Waals surface area (Å²) in [5, 5.41) is 8.03. The number of rotatable bonds is 10. The molecule has 8 aromatic rings. The van der Waals surface area contributed by atoms with Gasteiger partial charge in [-0.25, -0.2) is 9.37 Å². The number of hydrogen-bond acceptors (Lipinski definition) is 4. The summed E-state index contributed by atoms with van der Waals surface area (Å²) in [4.78, 5) is 30.5. The van der Waals surface area contributed by atoms with Crippen molar-refractivity contribution in [2.24, 2.45) is 0 Å². The molecule has 1 amide bonds. The molecule has 0 fully saturated rings. The molecular weight excluding hydrogens is 697 g/mol. The van der Waals surface area contributed by atoms with Crippen LogP contribution in [0.25, 0.3) is 28.0 Å². The average Bonchev–Trinajstić information content (AvgIpc) is 3.87. The van der Waals surface area contributed by atoms with Gasteiger partial charge in [-0.2, -0.15) is 5.10 Å². The minimum atomic E-state index is -0.894. The van der Waals surface area contributed by atoms with Crippen LogP contribution in [0.5, 0.6) is 0 Å². The molecule has 5 aromatic carbocycles. The molecular formula is C45H33ClFN5O2. The summed E-state index contributed by atoms with van der Waals surface area (Å²) in [5.74, 6) is -1.75. The van der Waals surface area contributed by atoms with E-state index in [1.807, 2.05) is 88.2 Å². The summed E-state index contributed by atoms with van der Waals surface area (Å²) >= 11 is 6.03. The van der Waals surface area contributed by atoms with Crippen LogP contribution >= 0.6 is 11.6 Å². The Kier molecular flexibility index (Phi) is 9.19. The lowest BCUT2D eigenvalue weighted by molar-refractivity contribution is 0.0863. The summed E-state index contributed by atoms with van der Waals surface area (Å²) in [6.45, 7) is 1.55. The molecule has 7 nitrogen and oxygen atoms in total. The zero-order valence-electron chi connectivity index (χ0n) is 29.1. The first-order valence-corrected chi connectivity index (χ1v) is 17.8. The lowest BCUT2D eigenvalue weighted by atomic mass is 9.77. The van der Waals surface area contributed by atoms with Gasteiger partial charge in [0, 0.05) is 39.7 Å². The van der Waals surface area contributed by atoms with Crippen LogP contribution in [0.2, 0.25) is 5.02 Å². The van der Waals surface area contributed by atoms with Gasteiger partial charge in [-0.3, -0.25) is 18.7 Å². The predicted molar refractivity (Wildman–Crippen MR) is 209 cm³/mol. The van der Waals surface area contributed by atoms with Crippen molar-refractivity contribution in [2.75, 3.05) is 0 Å². The monoisotopic (exact) mass is 729 g/mol. The van der Waals surface area contributed by atoms with Gasteiger partial charge in [0.2, 0.25) is 0 Å². The smallest absolute Gasteiger partial charge is 0.254 e. The Morgan fingerprint density at radius 2 is 1.33 bits per heavy atom. The Labute approximate surface area is 316 Å². The van der Waals surface area contributed by atoms with Crippen LogP contribution < -0.4 is 5.32 Å². The zero-order valence-corrected chi connectivity index (χ0v) is 29.9. The van der Waals surface area contributed by atoms with Gasteiger partial charge in [0.15, 0.2) is 5.78 Å². The lowest BCUT2D eigenvalue weighted by Gasteiger charge is -2.36. The van der Waals surface area contributed by atoms with Crippen molar-refractivity contribution < 1.29 is 14.0 Å². The number of hydrogen-bond donors (Lipinski definition) is 1. The normalized spacial score (nSPS) is 12.1. The van der Waals surface area contributed by atoms with Crippen LogP contribution in [0.15, 0.2) is 170 Å². The average molecular weight is 730 g/mol. The van der Waals surface area contributed by atoms with Crippen LogP contribution in [-0.2, 0) is 5.54 Å². The number of pyridine rings is 1. The van der Waals surface area contributed by atoms with Gasteiger partial charge < -0.3 is 5.32 Å². The minimum Gasteiger partial charge on any atom is -0.342 e. The number of halogens is 2. The Bertz CT molecular complexity index is 2530. The van der Waals surface area contributed by atoms with Gasteiger partial charge in [0.05, 0.1) is 29.7 Å². The molecule has 0 aliphatic rings. The standard InChI is InChI=1S/C45H33ClFN5O2/c1-30(43(53)32-12-11-19-38(46)24-32)50-44(54)39-22-20-31(25-40(39)47)41-27-48-42-23-21-33(28-51(41)42)34-26-49-52(29-34)45(35-13-5-2-6-14-35,36-15-7-3-8-16-36)37-17-9-4-10-18-37/h2-30H,1H3,(H,50,54).